The van der Waals surface area contributed by atoms with Gasteiger partial charge in [-0.15, -0.1) is 0 Å². The molecule has 0 aliphatic carbocycles. The van der Waals surface area contributed by atoms with Crippen LogP contribution in [0.5, 0.6) is 0 Å². The molecule has 1 saturated heterocycles. The Morgan fingerprint density at radius 3 is 2.45 bits per heavy atom. The van der Waals surface area contributed by atoms with E-state index in [4.69, 9.17) is 0 Å². The number of sulfonamides is 1. The number of aromatic nitrogens is 1. The number of piperidine rings is 1. The molecule has 1 aliphatic heterocycles. The molecular formula is C13H22N4O2S. The molecule has 2 N–H and O–H groups in total. The van der Waals surface area contributed by atoms with Gasteiger partial charge in [0.05, 0.1) is 0 Å². The topological polar surface area (TPSA) is 74.3 Å². The smallest absolute Gasteiger partial charge is 0.244 e. The summed E-state index contributed by atoms with van der Waals surface area (Å²) in [4.78, 5) is 4.44. The SMILES string of the molecule is CN(C)S(=O)(=O)c1ccc(NC2(C)CCNCC2)nc1. The largest absolute Gasteiger partial charge is 0.365 e. The van der Waals surface area contributed by atoms with Gasteiger partial charge >= 0.3 is 0 Å². The molecule has 7 heteroatoms. The molecule has 112 valence electrons. The number of rotatable bonds is 4. The first-order valence-electron chi connectivity index (χ1n) is 6.71. The van der Waals surface area contributed by atoms with Crippen LogP contribution in [0.3, 0.4) is 0 Å². The van der Waals surface area contributed by atoms with E-state index in [2.05, 4.69) is 22.5 Å². The van der Waals surface area contributed by atoms with Crippen molar-refractivity contribution in [2.24, 2.45) is 0 Å². The molecule has 0 aromatic carbocycles. The van der Waals surface area contributed by atoms with Crippen molar-refractivity contribution in [1.29, 1.82) is 0 Å². The van der Waals surface area contributed by atoms with Gasteiger partial charge in [-0.25, -0.2) is 17.7 Å². The molecule has 2 rings (SSSR count). The summed E-state index contributed by atoms with van der Waals surface area (Å²) in [5.41, 5.74) is 0.0141. The first-order valence-corrected chi connectivity index (χ1v) is 8.15. The average molecular weight is 298 g/mol. The first-order chi connectivity index (χ1) is 9.33. The number of nitrogens with zero attached hydrogens (tertiary/aromatic N) is 2. The zero-order valence-electron chi connectivity index (χ0n) is 12.2. The molecule has 0 saturated carbocycles. The number of hydrogen-bond acceptors (Lipinski definition) is 5. The van der Waals surface area contributed by atoms with Gasteiger partial charge in [0, 0.05) is 25.8 Å². The highest BCUT2D eigenvalue weighted by Gasteiger charge is 2.26. The van der Waals surface area contributed by atoms with Crippen molar-refractivity contribution >= 4 is 15.8 Å². The molecule has 1 aromatic heterocycles. The second-order valence-electron chi connectivity index (χ2n) is 5.60. The minimum Gasteiger partial charge on any atom is -0.365 e. The summed E-state index contributed by atoms with van der Waals surface area (Å²) in [5.74, 6) is 0.715. The standard InChI is InChI=1S/C13H22N4O2S/c1-13(6-8-14-9-7-13)16-12-5-4-11(10-15-12)20(18,19)17(2)3/h4-5,10,14H,6-9H2,1-3H3,(H,15,16). The molecule has 0 amide bonds. The van der Waals surface area contributed by atoms with Crippen LogP contribution in [0.1, 0.15) is 19.8 Å². The Kier molecular flexibility index (Phi) is 4.31. The quantitative estimate of drug-likeness (QED) is 0.863. The summed E-state index contributed by atoms with van der Waals surface area (Å²) in [6, 6.07) is 3.32. The van der Waals surface area contributed by atoms with Crippen LogP contribution in [0.2, 0.25) is 0 Å². The monoisotopic (exact) mass is 298 g/mol. The lowest BCUT2D eigenvalue weighted by molar-refractivity contribution is 0.364. The van der Waals surface area contributed by atoms with Crippen molar-refractivity contribution in [2.75, 3.05) is 32.5 Å². The van der Waals surface area contributed by atoms with Gasteiger partial charge in [-0.1, -0.05) is 0 Å². The maximum Gasteiger partial charge on any atom is 0.244 e. The Labute approximate surface area is 120 Å². The highest BCUT2D eigenvalue weighted by molar-refractivity contribution is 7.89. The van der Waals surface area contributed by atoms with Crippen LogP contribution < -0.4 is 10.6 Å². The van der Waals surface area contributed by atoms with Crippen molar-refractivity contribution in [3.05, 3.63) is 18.3 Å². The molecular weight excluding hydrogens is 276 g/mol. The fraction of sp³-hybridized carbons (Fsp3) is 0.615. The van der Waals surface area contributed by atoms with Crippen LogP contribution in [0.15, 0.2) is 23.2 Å². The molecule has 6 nitrogen and oxygen atoms in total. The van der Waals surface area contributed by atoms with Crippen molar-refractivity contribution in [2.45, 2.75) is 30.2 Å². The zero-order chi connectivity index (χ0) is 14.8. The van der Waals surface area contributed by atoms with E-state index in [0.717, 1.165) is 25.9 Å². The Balaban J connectivity index is 2.13. The highest BCUT2D eigenvalue weighted by atomic mass is 32.2. The molecule has 2 heterocycles. The fourth-order valence-electron chi connectivity index (χ4n) is 2.23. The van der Waals surface area contributed by atoms with E-state index in [1.165, 1.54) is 24.6 Å². The minimum absolute atomic E-state index is 0.0141. The number of nitrogens with one attached hydrogen (secondary N) is 2. The lowest BCUT2D eigenvalue weighted by atomic mass is 9.91. The predicted molar refractivity (Wildman–Crippen MR) is 79.2 cm³/mol. The number of anilines is 1. The van der Waals surface area contributed by atoms with E-state index in [1.54, 1.807) is 12.1 Å². The van der Waals surface area contributed by atoms with Crippen LogP contribution in [0, 0.1) is 0 Å². The van der Waals surface area contributed by atoms with E-state index in [9.17, 15) is 8.42 Å². The van der Waals surface area contributed by atoms with Gasteiger partial charge in [-0.2, -0.15) is 0 Å². The number of pyridine rings is 1. The summed E-state index contributed by atoms with van der Waals surface area (Å²) in [7, 11) is -0.386. The molecule has 0 unspecified atom stereocenters. The van der Waals surface area contributed by atoms with Crippen LogP contribution in [0.25, 0.3) is 0 Å². The predicted octanol–water partition coefficient (Wildman–Crippen LogP) is 0.886. The van der Waals surface area contributed by atoms with Crippen LogP contribution in [0.4, 0.5) is 5.82 Å². The second-order valence-corrected chi connectivity index (χ2v) is 7.75. The summed E-state index contributed by atoms with van der Waals surface area (Å²) < 4.78 is 25.1. The van der Waals surface area contributed by atoms with E-state index in [0.29, 0.717) is 5.82 Å². The second kappa shape index (κ2) is 5.67. The maximum atomic E-state index is 12.0. The molecule has 0 spiro atoms. The third-order valence-electron chi connectivity index (χ3n) is 3.65. The van der Waals surface area contributed by atoms with Crippen molar-refractivity contribution < 1.29 is 8.42 Å². The zero-order valence-corrected chi connectivity index (χ0v) is 13.0. The Morgan fingerprint density at radius 2 is 1.95 bits per heavy atom. The highest BCUT2D eigenvalue weighted by Crippen LogP contribution is 2.23. The summed E-state index contributed by atoms with van der Waals surface area (Å²) in [6.07, 6.45) is 3.45. The van der Waals surface area contributed by atoms with E-state index in [1.807, 2.05) is 0 Å². The van der Waals surface area contributed by atoms with Crippen LogP contribution in [-0.4, -0.2) is 50.4 Å². The molecule has 1 aromatic rings. The third kappa shape index (κ3) is 3.28. The maximum absolute atomic E-state index is 12.0. The van der Waals surface area contributed by atoms with E-state index in [-0.39, 0.29) is 10.4 Å². The summed E-state index contributed by atoms with van der Waals surface area (Å²) in [5, 5.41) is 6.73. The van der Waals surface area contributed by atoms with Crippen molar-refractivity contribution in [3.8, 4) is 0 Å². The van der Waals surface area contributed by atoms with Gasteiger partial charge in [-0.3, -0.25) is 0 Å². The van der Waals surface area contributed by atoms with Gasteiger partial charge in [0.1, 0.15) is 10.7 Å². The number of hydrogen-bond donors (Lipinski definition) is 2. The van der Waals surface area contributed by atoms with Crippen LogP contribution in [-0.2, 0) is 10.0 Å². The van der Waals surface area contributed by atoms with Gasteiger partial charge in [0.2, 0.25) is 10.0 Å². The lowest BCUT2D eigenvalue weighted by Gasteiger charge is -2.35. The van der Waals surface area contributed by atoms with E-state index >= 15 is 0 Å². The Bertz CT molecular complexity index is 548. The average Bonchev–Trinajstić information content (AvgIpc) is 2.39. The molecule has 1 fully saturated rings. The third-order valence-corrected chi connectivity index (χ3v) is 5.45. The van der Waals surface area contributed by atoms with Gasteiger partial charge in [0.25, 0.3) is 0 Å². The summed E-state index contributed by atoms with van der Waals surface area (Å²) >= 11 is 0. The normalized spacial score (nSPS) is 19.0. The molecule has 0 radical (unpaired) electrons. The fourth-order valence-corrected chi connectivity index (χ4v) is 3.08. The van der Waals surface area contributed by atoms with Crippen molar-refractivity contribution in [1.82, 2.24) is 14.6 Å². The van der Waals surface area contributed by atoms with Crippen LogP contribution >= 0.6 is 0 Å². The molecule has 0 bridgehead atoms. The Hall–Kier alpha value is -1.18. The Morgan fingerprint density at radius 1 is 1.30 bits per heavy atom. The van der Waals surface area contributed by atoms with Gasteiger partial charge < -0.3 is 10.6 Å². The summed E-state index contributed by atoms with van der Waals surface area (Å²) in [6.45, 7) is 4.13. The van der Waals surface area contributed by atoms with Gasteiger partial charge in [-0.05, 0) is 45.0 Å². The van der Waals surface area contributed by atoms with E-state index < -0.39 is 10.0 Å². The lowest BCUT2D eigenvalue weighted by Crippen LogP contribution is -2.45. The van der Waals surface area contributed by atoms with Crippen molar-refractivity contribution in [3.63, 3.8) is 0 Å². The minimum atomic E-state index is -3.41. The first kappa shape index (κ1) is 15.2. The van der Waals surface area contributed by atoms with Gasteiger partial charge in [0.15, 0.2) is 0 Å². The molecule has 20 heavy (non-hydrogen) atoms. The molecule has 1 aliphatic rings. The molecule has 0 atom stereocenters.